The lowest BCUT2D eigenvalue weighted by atomic mass is 9.99. The van der Waals surface area contributed by atoms with E-state index in [1.165, 1.54) is 19.3 Å². The van der Waals surface area contributed by atoms with Gasteiger partial charge in [-0.1, -0.05) is 26.2 Å². The van der Waals surface area contributed by atoms with Crippen molar-refractivity contribution in [2.75, 3.05) is 19.8 Å². The first-order chi connectivity index (χ1) is 7.12. The molecule has 0 saturated heterocycles. The van der Waals surface area contributed by atoms with Crippen LogP contribution in [0.2, 0.25) is 0 Å². The molecule has 0 heterocycles. The highest BCUT2D eigenvalue weighted by molar-refractivity contribution is 4.76. The van der Waals surface area contributed by atoms with Gasteiger partial charge in [0.05, 0.1) is 6.61 Å². The maximum Gasteiger partial charge on any atom is 0.0608 e. The minimum Gasteiger partial charge on any atom is -0.394 e. The van der Waals surface area contributed by atoms with Crippen LogP contribution in [-0.2, 0) is 4.74 Å². The Bertz CT molecular complexity index is 138. The largest absolute Gasteiger partial charge is 0.394 e. The van der Waals surface area contributed by atoms with Crippen molar-refractivity contribution in [3.63, 3.8) is 0 Å². The molecule has 92 valence electrons. The van der Waals surface area contributed by atoms with Crippen LogP contribution >= 0.6 is 0 Å². The summed E-state index contributed by atoms with van der Waals surface area (Å²) < 4.78 is 5.48. The number of hydrogen-bond donors (Lipinski definition) is 2. The van der Waals surface area contributed by atoms with Crippen LogP contribution in [0.1, 0.15) is 52.4 Å². The molecule has 0 fully saturated rings. The number of rotatable bonds is 10. The minimum absolute atomic E-state index is 0.0451. The topological polar surface area (TPSA) is 55.5 Å². The molecule has 0 aliphatic carbocycles. The third kappa shape index (κ3) is 10.2. The molecule has 15 heavy (non-hydrogen) atoms. The van der Waals surface area contributed by atoms with E-state index in [2.05, 4.69) is 6.92 Å². The summed E-state index contributed by atoms with van der Waals surface area (Å²) in [4.78, 5) is 0. The zero-order chi connectivity index (χ0) is 11.6. The van der Waals surface area contributed by atoms with Crippen LogP contribution in [0.15, 0.2) is 0 Å². The first-order valence-electron chi connectivity index (χ1n) is 6.10. The molecular weight excluding hydrogens is 190 g/mol. The van der Waals surface area contributed by atoms with E-state index < -0.39 is 5.54 Å². The quantitative estimate of drug-likeness (QED) is 0.551. The van der Waals surface area contributed by atoms with Gasteiger partial charge in [-0.2, -0.15) is 0 Å². The van der Waals surface area contributed by atoms with Crippen molar-refractivity contribution in [2.45, 2.75) is 57.9 Å². The van der Waals surface area contributed by atoms with E-state index >= 15 is 0 Å². The summed E-state index contributed by atoms with van der Waals surface area (Å²) in [7, 11) is 0. The van der Waals surface area contributed by atoms with Crippen LogP contribution in [-0.4, -0.2) is 30.5 Å². The molecule has 0 rings (SSSR count). The summed E-state index contributed by atoms with van der Waals surface area (Å²) in [5.41, 5.74) is 5.35. The Morgan fingerprint density at radius 3 is 2.40 bits per heavy atom. The molecular formula is C12H27NO2. The Morgan fingerprint density at radius 1 is 1.13 bits per heavy atom. The molecule has 3 nitrogen and oxygen atoms in total. The Balaban J connectivity index is 3.11. The van der Waals surface area contributed by atoms with Crippen LogP contribution in [0.4, 0.5) is 0 Å². The van der Waals surface area contributed by atoms with Crippen LogP contribution < -0.4 is 5.73 Å². The van der Waals surface area contributed by atoms with Crippen molar-refractivity contribution >= 4 is 0 Å². The van der Waals surface area contributed by atoms with Crippen molar-refractivity contribution in [3.05, 3.63) is 0 Å². The van der Waals surface area contributed by atoms with Gasteiger partial charge < -0.3 is 15.6 Å². The van der Waals surface area contributed by atoms with E-state index in [0.717, 1.165) is 32.5 Å². The number of nitrogens with two attached hydrogens (primary N) is 1. The molecule has 0 aromatic rings. The molecule has 0 amide bonds. The predicted octanol–water partition coefficient (Wildman–Crippen LogP) is 2.07. The van der Waals surface area contributed by atoms with Crippen LogP contribution in [0.3, 0.4) is 0 Å². The summed E-state index contributed by atoms with van der Waals surface area (Å²) in [5, 5.41) is 8.93. The Kier molecular flexibility index (Phi) is 9.06. The van der Waals surface area contributed by atoms with Gasteiger partial charge in [0.1, 0.15) is 0 Å². The Morgan fingerprint density at radius 2 is 1.80 bits per heavy atom. The fraction of sp³-hybridized carbons (Fsp3) is 1.00. The van der Waals surface area contributed by atoms with E-state index in [4.69, 9.17) is 15.6 Å². The van der Waals surface area contributed by atoms with Gasteiger partial charge in [-0.3, -0.25) is 0 Å². The van der Waals surface area contributed by atoms with Gasteiger partial charge in [0.2, 0.25) is 0 Å². The first-order valence-corrected chi connectivity index (χ1v) is 6.10. The minimum atomic E-state index is -0.439. The van der Waals surface area contributed by atoms with Crippen LogP contribution in [0.25, 0.3) is 0 Å². The van der Waals surface area contributed by atoms with E-state index in [-0.39, 0.29) is 6.61 Å². The van der Waals surface area contributed by atoms with E-state index in [1.54, 1.807) is 0 Å². The molecule has 3 N–H and O–H groups in total. The number of hydrogen-bond acceptors (Lipinski definition) is 3. The molecule has 0 aliphatic rings. The van der Waals surface area contributed by atoms with Crippen molar-refractivity contribution in [3.8, 4) is 0 Å². The summed E-state index contributed by atoms with van der Waals surface area (Å²) in [6.07, 6.45) is 6.74. The number of unbranched alkanes of at least 4 members (excludes halogenated alkanes) is 3. The molecule has 0 radical (unpaired) electrons. The fourth-order valence-corrected chi connectivity index (χ4v) is 1.39. The molecule has 1 atom stereocenters. The number of aliphatic hydroxyl groups is 1. The van der Waals surface area contributed by atoms with Gasteiger partial charge in [-0.05, 0) is 26.2 Å². The van der Waals surface area contributed by atoms with E-state index in [1.807, 2.05) is 6.92 Å². The van der Waals surface area contributed by atoms with Gasteiger partial charge in [0.15, 0.2) is 0 Å². The van der Waals surface area contributed by atoms with Crippen molar-refractivity contribution in [2.24, 2.45) is 5.73 Å². The third-order valence-electron chi connectivity index (χ3n) is 2.54. The molecule has 3 heteroatoms. The third-order valence-corrected chi connectivity index (χ3v) is 2.54. The van der Waals surface area contributed by atoms with Crippen molar-refractivity contribution in [1.29, 1.82) is 0 Å². The SMILES string of the molecule is CCCCCCOCCCC(C)(N)CO. The van der Waals surface area contributed by atoms with Gasteiger partial charge in [0, 0.05) is 18.8 Å². The van der Waals surface area contributed by atoms with Crippen LogP contribution in [0, 0.1) is 0 Å². The Labute approximate surface area is 94.0 Å². The number of ether oxygens (including phenoxy) is 1. The fourth-order valence-electron chi connectivity index (χ4n) is 1.39. The molecule has 0 aliphatic heterocycles. The molecule has 0 aromatic carbocycles. The summed E-state index contributed by atoms with van der Waals surface area (Å²) in [6, 6.07) is 0. The van der Waals surface area contributed by atoms with Crippen LogP contribution in [0.5, 0.6) is 0 Å². The smallest absolute Gasteiger partial charge is 0.0608 e. The lowest BCUT2D eigenvalue weighted by molar-refractivity contribution is 0.115. The molecule has 0 saturated carbocycles. The number of aliphatic hydroxyl groups excluding tert-OH is 1. The molecule has 0 aromatic heterocycles. The zero-order valence-electron chi connectivity index (χ0n) is 10.3. The highest BCUT2D eigenvalue weighted by Gasteiger charge is 2.15. The maximum atomic E-state index is 8.93. The van der Waals surface area contributed by atoms with Gasteiger partial charge >= 0.3 is 0 Å². The van der Waals surface area contributed by atoms with Gasteiger partial charge in [0.25, 0.3) is 0 Å². The lowest BCUT2D eigenvalue weighted by Gasteiger charge is -2.21. The standard InChI is InChI=1S/C12H27NO2/c1-3-4-5-6-9-15-10-7-8-12(2,13)11-14/h14H,3-11,13H2,1-2H3. The van der Waals surface area contributed by atoms with Gasteiger partial charge in [-0.15, -0.1) is 0 Å². The lowest BCUT2D eigenvalue weighted by Crippen LogP contribution is -2.40. The molecule has 1 unspecified atom stereocenters. The second-order valence-electron chi connectivity index (χ2n) is 4.59. The molecule has 0 spiro atoms. The summed E-state index contributed by atoms with van der Waals surface area (Å²) in [5.74, 6) is 0. The van der Waals surface area contributed by atoms with Crippen molar-refractivity contribution in [1.82, 2.24) is 0 Å². The van der Waals surface area contributed by atoms with E-state index in [0.29, 0.717) is 0 Å². The highest BCUT2D eigenvalue weighted by atomic mass is 16.5. The first kappa shape index (κ1) is 14.9. The predicted molar refractivity (Wildman–Crippen MR) is 63.9 cm³/mol. The Hall–Kier alpha value is -0.120. The van der Waals surface area contributed by atoms with E-state index in [9.17, 15) is 0 Å². The zero-order valence-corrected chi connectivity index (χ0v) is 10.3. The average Bonchev–Trinajstić information content (AvgIpc) is 2.22. The second kappa shape index (κ2) is 9.13. The van der Waals surface area contributed by atoms with Crippen molar-refractivity contribution < 1.29 is 9.84 Å². The summed E-state index contributed by atoms with van der Waals surface area (Å²) in [6.45, 7) is 5.74. The summed E-state index contributed by atoms with van der Waals surface area (Å²) >= 11 is 0. The normalized spacial score (nSPS) is 15.2. The average molecular weight is 217 g/mol. The molecule has 0 bridgehead atoms. The highest BCUT2D eigenvalue weighted by Crippen LogP contribution is 2.07. The maximum absolute atomic E-state index is 8.93. The monoisotopic (exact) mass is 217 g/mol. The van der Waals surface area contributed by atoms with Gasteiger partial charge in [-0.25, -0.2) is 0 Å². The second-order valence-corrected chi connectivity index (χ2v) is 4.59.